The summed E-state index contributed by atoms with van der Waals surface area (Å²) in [7, 11) is 1.92. The standard InChI is InChI=1S/C17H22F2N2O/c1-20-9-11-4-3-7-21(10-11)17(22)14-8-13(14)12-5-2-6-15(18)16(12)19/h2,5-6,11,13-14,20H,3-4,7-10H2,1H3. The highest BCUT2D eigenvalue weighted by atomic mass is 19.2. The van der Waals surface area contributed by atoms with Crippen molar-refractivity contribution in [3.63, 3.8) is 0 Å². The van der Waals surface area contributed by atoms with Crippen molar-refractivity contribution >= 4 is 5.91 Å². The fourth-order valence-corrected chi connectivity index (χ4v) is 3.57. The Morgan fingerprint density at radius 2 is 2.23 bits per heavy atom. The van der Waals surface area contributed by atoms with E-state index < -0.39 is 11.6 Å². The van der Waals surface area contributed by atoms with Crippen LogP contribution >= 0.6 is 0 Å². The number of nitrogens with zero attached hydrogens (tertiary/aromatic N) is 1. The predicted octanol–water partition coefficient (Wildman–Crippen LogP) is 2.53. The van der Waals surface area contributed by atoms with Gasteiger partial charge in [0, 0.05) is 19.0 Å². The van der Waals surface area contributed by atoms with Crippen LogP contribution in [0.25, 0.3) is 0 Å². The second-order valence-corrected chi connectivity index (χ2v) is 6.44. The summed E-state index contributed by atoms with van der Waals surface area (Å²) in [5.41, 5.74) is 0.349. The van der Waals surface area contributed by atoms with Gasteiger partial charge in [-0.05, 0) is 56.3 Å². The molecule has 1 aliphatic heterocycles. The van der Waals surface area contributed by atoms with E-state index in [2.05, 4.69) is 5.32 Å². The molecule has 1 aromatic carbocycles. The SMILES string of the molecule is CNCC1CCCN(C(=O)C2CC2c2cccc(F)c2F)C1. The number of hydrogen-bond acceptors (Lipinski definition) is 2. The molecule has 3 atom stereocenters. The number of hydrogen-bond donors (Lipinski definition) is 1. The highest BCUT2D eigenvalue weighted by molar-refractivity contribution is 5.83. The Labute approximate surface area is 129 Å². The Morgan fingerprint density at radius 3 is 3.00 bits per heavy atom. The van der Waals surface area contributed by atoms with Gasteiger partial charge in [-0.15, -0.1) is 0 Å². The number of amides is 1. The third-order valence-electron chi connectivity index (χ3n) is 4.81. The number of nitrogens with one attached hydrogen (secondary N) is 1. The zero-order chi connectivity index (χ0) is 15.7. The van der Waals surface area contributed by atoms with Gasteiger partial charge < -0.3 is 10.2 Å². The summed E-state index contributed by atoms with van der Waals surface area (Å²) < 4.78 is 27.1. The molecule has 1 saturated carbocycles. The Balaban J connectivity index is 1.64. The number of rotatable bonds is 4. The summed E-state index contributed by atoms with van der Waals surface area (Å²) in [6.45, 7) is 2.47. The van der Waals surface area contributed by atoms with Crippen LogP contribution in [0.3, 0.4) is 0 Å². The number of benzene rings is 1. The van der Waals surface area contributed by atoms with E-state index in [0.29, 0.717) is 17.9 Å². The minimum atomic E-state index is -0.831. The molecule has 1 saturated heterocycles. The molecular weight excluding hydrogens is 286 g/mol. The van der Waals surface area contributed by atoms with Gasteiger partial charge in [0.2, 0.25) is 5.91 Å². The highest BCUT2D eigenvalue weighted by Gasteiger charge is 2.47. The van der Waals surface area contributed by atoms with E-state index in [1.807, 2.05) is 11.9 Å². The topological polar surface area (TPSA) is 32.3 Å². The average Bonchev–Trinajstić information content (AvgIpc) is 3.30. The van der Waals surface area contributed by atoms with Gasteiger partial charge in [0.1, 0.15) is 0 Å². The number of piperidine rings is 1. The van der Waals surface area contributed by atoms with E-state index in [1.165, 1.54) is 6.07 Å². The lowest BCUT2D eigenvalue weighted by Crippen LogP contribution is -2.43. The molecule has 5 heteroatoms. The van der Waals surface area contributed by atoms with Crippen LogP contribution in [0, 0.1) is 23.5 Å². The van der Waals surface area contributed by atoms with Crippen molar-refractivity contribution in [1.82, 2.24) is 10.2 Å². The largest absolute Gasteiger partial charge is 0.342 e. The minimum absolute atomic E-state index is 0.106. The van der Waals surface area contributed by atoms with Crippen LogP contribution in [0.4, 0.5) is 8.78 Å². The molecule has 22 heavy (non-hydrogen) atoms. The highest BCUT2D eigenvalue weighted by Crippen LogP contribution is 2.49. The molecule has 0 spiro atoms. The summed E-state index contributed by atoms with van der Waals surface area (Å²) in [6, 6.07) is 4.22. The first kappa shape index (κ1) is 15.4. The summed E-state index contributed by atoms with van der Waals surface area (Å²) in [5, 5.41) is 3.16. The van der Waals surface area contributed by atoms with Gasteiger partial charge >= 0.3 is 0 Å². The quantitative estimate of drug-likeness (QED) is 0.927. The summed E-state index contributed by atoms with van der Waals surface area (Å²) in [4.78, 5) is 14.5. The van der Waals surface area contributed by atoms with Crippen molar-refractivity contribution in [2.24, 2.45) is 11.8 Å². The molecular formula is C17H22F2N2O. The summed E-state index contributed by atoms with van der Waals surface area (Å²) >= 11 is 0. The lowest BCUT2D eigenvalue weighted by Gasteiger charge is -2.33. The molecule has 120 valence electrons. The average molecular weight is 308 g/mol. The zero-order valence-electron chi connectivity index (χ0n) is 12.8. The first-order valence-electron chi connectivity index (χ1n) is 7.99. The van der Waals surface area contributed by atoms with Crippen molar-refractivity contribution in [3.8, 4) is 0 Å². The van der Waals surface area contributed by atoms with Gasteiger partial charge in [0.15, 0.2) is 11.6 Å². The Bertz CT molecular complexity index is 562. The van der Waals surface area contributed by atoms with Crippen LogP contribution in [0.15, 0.2) is 18.2 Å². The lowest BCUT2D eigenvalue weighted by atomic mass is 9.97. The Morgan fingerprint density at radius 1 is 1.41 bits per heavy atom. The third-order valence-corrected chi connectivity index (χ3v) is 4.81. The van der Waals surface area contributed by atoms with Gasteiger partial charge in [-0.2, -0.15) is 0 Å². The van der Waals surface area contributed by atoms with Gasteiger partial charge in [-0.3, -0.25) is 4.79 Å². The molecule has 2 fully saturated rings. The van der Waals surface area contributed by atoms with Crippen molar-refractivity contribution in [2.75, 3.05) is 26.7 Å². The van der Waals surface area contributed by atoms with E-state index in [0.717, 1.165) is 38.5 Å². The van der Waals surface area contributed by atoms with Crippen LogP contribution in [0.5, 0.6) is 0 Å². The molecule has 1 aromatic rings. The molecule has 3 rings (SSSR count). The molecule has 0 bridgehead atoms. The van der Waals surface area contributed by atoms with Crippen molar-refractivity contribution in [3.05, 3.63) is 35.4 Å². The van der Waals surface area contributed by atoms with Crippen LogP contribution in [0.1, 0.15) is 30.7 Å². The second-order valence-electron chi connectivity index (χ2n) is 6.44. The maximum Gasteiger partial charge on any atom is 0.226 e. The first-order valence-corrected chi connectivity index (χ1v) is 7.99. The molecule has 3 nitrogen and oxygen atoms in total. The number of carbonyl (C=O) groups is 1. The minimum Gasteiger partial charge on any atom is -0.342 e. The van der Waals surface area contributed by atoms with Crippen LogP contribution < -0.4 is 5.32 Å². The summed E-state index contributed by atoms with van der Waals surface area (Å²) in [6.07, 6.45) is 2.79. The van der Waals surface area contributed by atoms with Crippen LogP contribution in [-0.2, 0) is 4.79 Å². The molecule has 3 unspecified atom stereocenters. The third kappa shape index (κ3) is 3.00. The van der Waals surface area contributed by atoms with Gasteiger partial charge in [0.25, 0.3) is 0 Å². The molecule has 2 aliphatic rings. The van der Waals surface area contributed by atoms with E-state index >= 15 is 0 Å². The fourth-order valence-electron chi connectivity index (χ4n) is 3.57. The predicted molar refractivity (Wildman–Crippen MR) is 80.4 cm³/mol. The normalized spacial score (nSPS) is 27.8. The maximum absolute atomic E-state index is 13.8. The first-order chi connectivity index (χ1) is 10.6. The summed E-state index contributed by atoms with van der Waals surface area (Å²) in [5.74, 6) is -1.37. The van der Waals surface area contributed by atoms with Crippen molar-refractivity contribution in [1.29, 1.82) is 0 Å². The molecule has 1 amide bonds. The monoisotopic (exact) mass is 308 g/mol. The number of halogens is 2. The molecule has 1 aliphatic carbocycles. The smallest absolute Gasteiger partial charge is 0.226 e. The maximum atomic E-state index is 13.8. The lowest BCUT2D eigenvalue weighted by molar-refractivity contribution is -0.134. The molecule has 0 aromatic heterocycles. The second kappa shape index (κ2) is 6.32. The Kier molecular flexibility index (Phi) is 4.43. The molecule has 1 heterocycles. The van der Waals surface area contributed by atoms with E-state index in [-0.39, 0.29) is 17.7 Å². The van der Waals surface area contributed by atoms with E-state index in [1.54, 1.807) is 6.07 Å². The molecule has 1 N–H and O–H groups in total. The van der Waals surface area contributed by atoms with E-state index in [4.69, 9.17) is 0 Å². The van der Waals surface area contributed by atoms with Crippen molar-refractivity contribution in [2.45, 2.75) is 25.2 Å². The molecule has 0 radical (unpaired) electrons. The van der Waals surface area contributed by atoms with Crippen LogP contribution in [0.2, 0.25) is 0 Å². The zero-order valence-corrected chi connectivity index (χ0v) is 12.8. The Hall–Kier alpha value is -1.49. The van der Waals surface area contributed by atoms with Crippen LogP contribution in [-0.4, -0.2) is 37.5 Å². The van der Waals surface area contributed by atoms with Crippen molar-refractivity contribution < 1.29 is 13.6 Å². The van der Waals surface area contributed by atoms with E-state index in [9.17, 15) is 13.6 Å². The fraction of sp³-hybridized carbons (Fsp3) is 0.588. The number of carbonyl (C=O) groups excluding carboxylic acids is 1. The van der Waals surface area contributed by atoms with Gasteiger partial charge in [0.05, 0.1) is 0 Å². The van der Waals surface area contributed by atoms with Gasteiger partial charge in [-0.25, -0.2) is 8.78 Å². The van der Waals surface area contributed by atoms with Gasteiger partial charge in [-0.1, -0.05) is 12.1 Å². The number of likely N-dealkylation sites (tertiary alicyclic amines) is 1.